The summed E-state index contributed by atoms with van der Waals surface area (Å²) in [6, 6.07) is 4.63. The van der Waals surface area contributed by atoms with Gasteiger partial charge in [0.2, 0.25) is 5.88 Å². The molecule has 7 nitrogen and oxygen atoms in total. The molecule has 1 unspecified atom stereocenters. The van der Waals surface area contributed by atoms with Gasteiger partial charge in [0.05, 0.1) is 6.61 Å². The Morgan fingerprint density at radius 3 is 2.82 bits per heavy atom. The molecule has 8 heteroatoms. The number of likely N-dealkylation sites (tertiary alicyclic amines) is 1. The molecule has 0 aromatic carbocycles. The van der Waals surface area contributed by atoms with E-state index in [1.54, 1.807) is 14.2 Å². The van der Waals surface area contributed by atoms with Gasteiger partial charge in [0.1, 0.15) is 6.61 Å². The van der Waals surface area contributed by atoms with Crippen molar-refractivity contribution in [2.24, 2.45) is 4.99 Å². The molecule has 0 saturated carbocycles. The van der Waals surface area contributed by atoms with Crippen molar-refractivity contribution in [1.82, 2.24) is 20.5 Å². The highest BCUT2D eigenvalue weighted by atomic mass is 127. The summed E-state index contributed by atoms with van der Waals surface area (Å²) in [6.45, 7) is 7.22. The summed E-state index contributed by atoms with van der Waals surface area (Å²) in [7, 11) is 3.46. The summed E-state index contributed by atoms with van der Waals surface area (Å²) in [5, 5.41) is 6.76. The first-order valence-electron chi connectivity index (χ1n) is 10.0. The van der Waals surface area contributed by atoms with Gasteiger partial charge < -0.3 is 20.1 Å². The second-order valence-corrected chi connectivity index (χ2v) is 6.79. The van der Waals surface area contributed by atoms with Crippen molar-refractivity contribution in [3.8, 4) is 5.88 Å². The summed E-state index contributed by atoms with van der Waals surface area (Å²) in [5.41, 5.74) is 1.08. The first kappa shape index (κ1) is 24.9. The third-order valence-corrected chi connectivity index (χ3v) is 4.93. The third kappa shape index (κ3) is 8.91. The second kappa shape index (κ2) is 14.8. The highest BCUT2D eigenvalue weighted by Crippen LogP contribution is 2.18. The Bertz CT molecular complexity index is 556. The van der Waals surface area contributed by atoms with Crippen molar-refractivity contribution in [1.29, 1.82) is 0 Å². The summed E-state index contributed by atoms with van der Waals surface area (Å²) >= 11 is 0. The maximum absolute atomic E-state index is 5.48. The van der Waals surface area contributed by atoms with Gasteiger partial charge in [-0.15, -0.1) is 24.0 Å². The first-order valence-corrected chi connectivity index (χ1v) is 10.0. The zero-order valence-electron chi connectivity index (χ0n) is 17.4. The predicted molar refractivity (Wildman–Crippen MR) is 125 cm³/mol. The Labute approximate surface area is 186 Å². The highest BCUT2D eigenvalue weighted by Gasteiger charge is 2.19. The largest absolute Gasteiger partial charge is 0.475 e. The van der Waals surface area contributed by atoms with Gasteiger partial charge in [0.25, 0.3) is 0 Å². The normalized spacial score (nSPS) is 17.7. The Morgan fingerprint density at radius 1 is 1.29 bits per heavy atom. The zero-order valence-corrected chi connectivity index (χ0v) is 19.8. The van der Waals surface area contributed by atoms with E-state index in [2.05, 4.69) is 32.4 Å². The monoisotopic (exact) mass is 505 g/mol. The van der Waals surface area contributed by atoms with Gasteiger partial charge >= 0.3 is 0 Å². The van der Waals surface area contributed by atoms with E-state index in [0.717, 1.165) is 30.7 Å². The molecule has 2 heterocycles. The van der Waals surface area contributed by atoms with E-state index in [1.807, 2.05) is 18.3 Å². The Balaban J connectivity index is 0.00000392. The van der Waals surface area contributed by atoms with E-state index in [1.165, 1.54) is 32.2 Å². The minimum atomic E-state index is 0. The van der Waals surface area contributed by atoms with Crippen LogP contribution in [0.4, 0.5) is 0 Å². The molecule has 0 amide bonds. The number of nitrogens with zero attached hydrogens (tertiary/aromatic N) is 3. The van der Waals surface area contributed by atoms with E-state index in [4.69, 9.17) is 9.47 Å². The van der Waals surface area contributed by atoms with Crippen molar-refractivity contribution < 1.29 is 9.47 Å². The van der Waals surface area contributed by atoms with Crippen LogP contribution < -0.4 is 15.4 Å². The van der Waals surface area contributed by atoms with Crippen LogP contribution in [0.1, 0.15) is 38.2 Å². The Hall–Kier alpha value is -1.13. The minimum absolute atomic E-state index is 0. The molecule has 2 rings (SSSR count). The number of guanidine groups is 1. The number of nitrogens with one attached hydrogen (secondary N) is 2. The van der Waals surface area contributed by atoms with Crippen molar-refractivity contribution in [2.75, 3.05) is 47.0 Å². The molecule has 1 aliphatic rings. The number of hydrogen-bond acceptors (Lipinski definition) is 5. The molecule has 1 fully saturated rings. The zero-order chi connectivity index (χ0) is 19.3. The van der Waals surface area contributed by atoms with Gasteiger partial charge in [0.15, 0.2) is 5.96 Å². The van der Waals surface area contributed by atoms with Crippen LogP contribution in [0.15, 0.2) is 23.3 Å². The lowest BCUT2D eigenvalue weighted by Crippen LogP contribution is -2.45. The Morgan fingerprint density at radius 2 is 2.14 bits per heavy atom. The van der Waals surface area contributed by atoms with Gasteiger partial charge in [-0.05, 0) is 31.4 Å². The number of halogens is 1. The fraction of sp³-hybridized carbons (Fsp3) is 0.700. The summed E-state index contributed by atoms with van der Waals surface area (Å²) in [5.74, 6) is 1.44. The average Bonchev–Trinajstić information content (AvgIpc) is 2.72. The summed E-state index contributed by atoms with van der Waals surface area (Å²) in [6.07, 6.45) is 7.09. The van der Waals surface area contributed by atoms with Gasteiger partial charge in [-0.2, -0.15) is 0 Å². The number of hydrogen-bond donors (Lipinski definition) is 2. The number of aliphatic imine (C=N–C) groups is 1. The maximum atomic E-state index is 5.48. The molecule has 0 aliphatic carbocycles. The van der Waals surface area contributed by atoms with E-state index in [-0.39, 0.29) is 24.0 Å². The van der Waals surface area contributed by atoms with Gasteiger partial charge in [-0.25, -0.2) is 4.98 Å². The van der Waals surface area contributed by atoms with Crippen LogP contribution in [-0.4, -0.2) is 68.9 Å². The van der Waals surface area contributed by atoms with Gasteiger partial charge in [-0.3, -0.25) is 9.89 Å². The van der Waals surface area contributed by atoms with E-state index in [9.17, 15) is 0 Å². The van der Waals surface area contributed by atoms with Crippen molar-refractivity contribution in [3.05, 3.63) is 23.9 Å². The van der Waals surface area contributed by atoms with Crippen LogP contribution in [0.3, 0.4) is 0 Å². The van der Waals surface area contributed by atoms with E-state index in [0.29, 0.717) is 25.6 Å². The molecule has 160 valence electrons. The van der Waals surface area contributed by atoms with Crippen LogP contribution in [0, 0.1) is 0 Å². The molecular formula is C20H36IN5O2. The summed E-state index contributed by atoms with van der Waals surface area (Å²) in [4.78, 5) is 11.2. The average molecular weight is 505 g/mol. The highest BCUT2D eigenvalue weighted by molar-refractivity contribution is 14.0. The predicted octanol–water partition coefficient (Wildman–Crippen LogP) is 2.65. The minimum Gasteiger partial charge on any atom is -0.475 e. The quantitative estimate of drug-likeness (QED) is 0.221. The Kier molecular flexibility index (Phi) is 13.2. The lowest BCUT2D eigenvalue weighted by atomic mass is 10.0. The van der Waals surface area contributed by atoms with Crippen LogP contribution in [0.2, 0.25) is 0 Å². The van der Waals surface area contributed by atoms with Gasteiger partial charge in [-0.1, -0.05) is 19.4 Å². The topological polar surface area (TPSA) is 71.0 Å². The number of rotatable bonds is 10. The van der Waals surface area contributed by atoms with Crippen molar-refractivity contribution >= 4 is 29.9 Å². The summed E-state index contributed by atoms with van der Waals surface area (Å²) < 4.78 is 10.4. The molecule has 1 saturated heterocycles. The molecule has 0 spiro atoms. The van der Waals surface area contributed by atoms with E-state index < -0.39 is 0 Å². The fourth-order valence-corrected chi connectivity index (χ4v) is 3.37. The lowest BCUT2D eigenvalue weighted by Gasteiger charge is -2.35. The smallest absolute Gasteiger partial charge is 0.213 e. The molecule has 0 radical (unpaired) electrons. The van der Waals surface area contributed by atoms with Crippen LogP contribution in [0.25, 0.3) is 0 Å². The van der Waals surface area contributed by atoms with Crippen LogP contribution in [0.5, 0.6) is 5.88 Å². The lowest BCUT2D eigenvalue weighted by molar-refractivity contribution is 0.143. The SMILES string of the molecule is CCC1CCCCN1CCNC(=NC)NCc1ccc(OCCOC)nc1.I. The first-order chi connectivity index (χ1) is 13.3. The standard InChI is InChI=1S/C20H35N5O2.HI/c1-4-18-7-5-6-11-25(18)12-10-22-20(21-2)24-16-17-8-9-19(23-15-17)27-14-13-26-3;/h8-9,15,18H,4-7,10-14,16H2,1-3H3,(H2,21,22,24);1H. The molecule has 0 bridgehead atoms. The van der Waals surface area contributed by atoms with E-state index >= 15 is 0 Å². The van der Waals surface area contributed by atoms with Crippen LogP contribution in [-0.2, 0) is 11.3 Å². The number of methoxy groups -OCH3 is 1. The maximum Gasteiger partial charge on any atom is 0.213 e. The van der Waals surface area contributed by atoms with Crippen molar-refractivity contribution in [3.63, 3.8) is 0 Å². The molecule has 1 aromatic heterocycles. The number of aromatic nitrogens is 1. The molecular weight excluding hydrogens is 469 g/mol. The number of piperidine rings is 1. The molecule has 1 aliphatic heterocycles. The number of ether oxygens (including phenoxy) is 2. The molecule has 1 atom stereocenters. The van der Waals surface area contributed by atoms with Crippen molar-refractivity contribution in [2.45, 2.75) is 45.2 Å². The second-order valence-electron chi connectivity index (χ2n) is 6.79. The number of pyridine rings is 1. The molecule has 28 heavy (non-hydrogen) atoms. The van der Waals surface area contributed by atoms with Gasteiger partial charge in [0, 0.05) is 52.1 Å². The molecule has 1 aromatic rings. The molecule has 2 N–H and O–H groups in total. The third-order valence-electron chi connectivity index (χ3n) is 4.93. The fourth-order valence-electron chi connectivity index (χ4n) is 3.37. The van der Waals surface area contributed by atoms with Crippen LogP contribution >= 0.6 is 24.0 Å².